The van der Waals surface area contributed by atoms with Crippen LogP contribution in [0.3, 0.4) is 0 Å². The molecule has 0 bridgehead atoms. The summed E-state index contributed by atoms with van der Waals surface area (Å²) < 4.78 is 5.08. The van der Waals surface area contributed by atoms with E-state index in [1.165, 1.54) is 32.8 Å². The molecule has 0 radical (unpaired) electrons. The number of ether oxygens (including phenoxy) is 1. The quantitative estimate of drug-likeness (QED) is 0.200. The largest absolute Gasteiger partial charge is 0.504 e. The van der Waals surface area contributed by atoms with E-state index in [-0.39, 0.29) is 11.7 Å². The molecule has 0 saturated carbocycles. The first-order valence-electron chi connectivity index (χ1n) is 11.9. The third-order valence-electron chi connectivity index (χ3n) is 4.97. The summed E-state index contributed by atoms with van der Waals surface area (Å²) in [6, 6.07) is 5.08. The molecule has 0 aliphatic carbocycles. The van der Waals surface area contributed by atoms with E-state index in [0.29, 0.717) is 18.7 Å². The van der Waals surface area contributed by atoms with Gasteiger partial charge in [0.2, 0.25) is 5.91 Å². The van der Waals surface area contributed by atoms with E-state index in [1.54, 1.807) is 18.2 Å². The molecule has 32 heavy (non-hydrogen) atoms. The summed E-state index contributed by atoms with van der Waals surface area (Å²) >= 11 is 0. The Labute approximate surface area is 194 Å². The Kier molecular flexibility index (Phi) is 16.2. The van der Waals surface area contributed by atoms with Crippen LogP contribution in [-0.4, -0.2) is 18.1 Å². The minimum atomic E-state index is 0.0351. The van der Waals surface area contributed by atoms with E-state index >= 15 is 0 Å². The van der Waals surface area contributed by atoms with Gasteiger partial charge in [-0.2, -0.15) is 0 Å². The fourth-order valence-electron chi connectivity index (χ4n) is 3.06. The Hall–Kier alpha value is -2.75. The van der Waals surface area contributed by atoms with E-state index < -0.39 is 0 Å². The third-order valence-corrected chi connectivity index (χ3v) is 4.97. The van der Waals surface area contributed by atoms with Crippen LogP contribution >= 0.6 is 0 Å². The van der Waals surface area contributed by atoms with Crippen molar-refractivity contribution in [3.05, 3.63) is 72.4 Å². The second kappa shape index (κ2) is 19.0. The van der Waals surface area contributed by atoms with Gasteiger partial charge in [0.05, 0.1) is 7.11 Å². The lowest BCUT2D eigenvalue weighted by Crippen LogP contribution is -2.22. The number of carbonyl (C=O) groups is 1. The van der Waals surface area contributed by atoms with Crippen LogP contribution in [0.2, 0.25) is 0 Å². The number of hydrogen-bond donors (Lipinski definition) is 2. The van der Waals surface area contributed by atoms with Gasteiger partial charge in [-0.15, -0.1) is 0 Å². The van der Waals surface area contributed by atoms with Crippen molar-refractivity contribution in [1.82, 2.24) is 5.32 Å². The van der Waals surface area contributed by atoms with Crippen LogP contribution in [0, 0.1) is 0 Å². The first kappa shape index (κ1) is 27.3. The molecular weight excluding hydrogens is 398 g/mol. The van der Waals surface area contributed by atoms with Crippen molar-refractivity contribution in [2.75, 3.05) is 7.11 Å². The van der Waals surface area contributed by atoms with Crippen LogP contribution in [0.4, 0.5) is 0 Å². The average molecular weight is 440 g/mol. The summed E-state index contributed by atoms with van der Waals surface area (Å²) in [5.41, 5.74) is 0.897. The smallest absolute Gasteiger partial charge is 0.220 e. The lowest BCUT2D eigenvalue weighted by molar-refractivity contribution is -0.121. The number of aromatic hydroxyl groups is 1. The van der Waals surface area contributed by atoms with Gasteiger partial charge in [-0.25, -0.2) is 0 Å². The van der Waals surface area contributed by atoms with E-state index in [2.05, 4.69) is 60.8 Å². The van der Waals surface area contributed by atoms with Gasteiger partial charge in [0.1, 0.15) is 0 Å². The Morgan fingerprint density at radius 2 is 1.50 bits per heavy atom. The Balaban J connectivity index is 2.03. The van der Waals surface area contributed by atoms with E-state index in [1.807, 2.05) is 0 Å². The molecule has 0 saturated heterocycles. The zero-order valence-corrected chi connectivity index (χ0v) is 19.9. The highest BCUT2D eigenvalue weighted by atomic mass is 16.5. The van der Waals surface area contributed by atoms with Gasteiger partial charge in [-0.3, -0.25) is 4.79 Å². The highest BCUT2D eigenvalue weighted by Crippen LogP contribution is 2.26. The number of nitrogens with one attached hydrogen (secondary N) is 1. The summed E-state index contributed by atoms with van der Waals surface area (Å²) in [5, 5.41) is 12.5. The van der Waals surface area contributed by atoms with Crippen molar-refractivity contribution in [3.8, 4) is 11.5 Å². The fourth-order valence-corrected chi connectivity index (χ4v) is 3.06. The topological polar surface area (TPSA) is 58.6 Å². The van der Waals surface area contributed by atoms with Crippen LogP contribution in [0.25, 0.3) is 0 Å². The molecule has 1 amide bonds. The minimum Gasteiger partial charge on any atom is -0.504 e. The van der Waals surface area contributed by atoms with Gasteiger partial charge in [0.25, 0.3) is 0 Å². The fraction of sp³-hybridized carbons (Fsp3) is 0.464. The zero-order valence-electron chi connectivity index (χ0n) is 19.9. The number of phenolic OH excluding ortho intramolecular Hbond substituents is 1. The Morgan fingerprint density at radius 1 is 0.906 bits per heavy atom. The van der Waals surface area contributed by atoms with Crippen molar-refractivity contribution >= 4 is 5.91 Å². The molecule has 1 aromatic carbocycles. The van der Waals surface area contributed by atoms with Crippen LogP contribution in [0.5, 0.6) is 11.5 Å². The molecule has 0 aromatic heterocycles. The summed E-state index contributed by atoms with van der Waals surface area (Å²) in [4.78, 5) is 12.0. The van der Waals surface area contributed by atoms with Crippen LogP contribution < -0.4 is 10.1 Å². The van der Waals surface area contributed by atoms with Gasteiger partial charge in [-0.05, 0) is 62.6 Å². The molecule has 0 aliphatic heterocycles. The molecule has 0 aliphatic rings. The van der Waals surface area contributed by atoms with E-state index in [0.717, 1.165) is 37.7 Å². The molecule has 0 fully saturated rings. The number of benzene rings is 1. The monoisotopic (exact) mass is 439 g/mol. The zero-order chi connectivity index (χ0) is 23.3. The highest BCUT2D eigenvalue weighted by molar-refractivity contribution is 5.75. The first-order chi connectivity index (χ1) is 15.7. The molecule has 4 nitrogen and oxygen atoms in total. The van der Waals surface area contributed by atoms with Crippen LogP contribution in [-0.2, 0) is 11.3 Å². The van der Waals surface area contributed by atoms with Crippen LogP contribution in [0.15, 0.2) is 66.8 Å². The number of amides is 1. The van der Waals surface area contributed by atoms with Gasteiger partial charge in [-0.1, -0.05) is 74.4 Å². The van der Waals surface area contributed by atoms with Crippen molar-refractivity contribution < 1.29 is 14.6 Å². The van der Waals surface area contributed by atoms with Crippen molar-refractivity contribution in [2.45, 2.75) is 77.7 Å². The maximum atomic E-state index is 12.0. The van der Waals surface area contributed by atoms with Crippen molar-refractivity contribution in [1.29, 1.82) is 0 Å². The molecule has 0 heterocycles. The maximum absolute atomic E-state index is 12.0. The van der Waals surface area contributed by atoms with Gasteiger partial charge in [0.15, 0.2) is 11.5 Å². The number of carbonyl (C=O) groups excluding carboxylic acids is 1. The predicted octanol–water partition coefficient (Wildman–Crippen LogP) is 7.16. The standard InChI is InChI=1S/C28H41NO3/c1-3-4-5-6-7-8-9-10-11-12-13-14-15-16-17-18-19-20-28(31)29-24-25-21-22-26(30)27(23-25)32-2/h7-8,10-11,13-14,16-17,21-23,30H,3-6,9,12,15,18-20,24H2,1-2H3,(H,29,31)/b8-7+,11-10+,14-13-,17-16+. The van der Waals surface area contributed by atoms with Gasteiger partial charge < -0.3 is 15.2 Å². The number of methoxy groups -OCH3 is 1. The van der Waals surface area contributed by atoms with E-state index in [9.17, 15) is 9.90 Å². The SMILES string of the molecule is CCCCC/C=C/C/C=C/C/C=C\C/C=C/CCCC(=O)NCc1ccc(O)c(OC)c1. The molecule has 1 aromatic rings. The van der Waals surface area contributed by atoms with Crippen LogP contribution in [0.1, 0.15) is 76.7 Å². The molecule has 176 valence electrons. The average Bonchev–Trinajstić information content (AvgIpc) is 2.80. The molecule has 4 heteroatoms. The second-order valence-corrected chi connectivity index (χ2v) is 7.76. The normalized spacial score (nSPS) is 11.9. The minimum absolute atomic E-state index is 0.0351. The second-order valence-electron chi connectivity index (χ2n) is 7.76. The highest BCUT2D eigenvalue weighted by Gasteiger charge is 2.04. The number of allylic oxidation sites excluding steroid dienone is 8. The molecule has 0 atom stereocenters. The number of phenols is 1. The lowest BCUT2D eigenvalue weighted by Gasteiger charge is -2.08. The molecular formula is C28H41NO3. The Bertz CT molecular complexity index is 747. The van der Waals surface area contributed by atoms with Gasteiger partial charge >= 0.3 is 0 Å². The molecule has 0 unspecified atom stereocenters. The summed E-state index contributed by atoms with van der Waals surface area (Å²) in [5.74, 6) is 0.548. The molecule has 2 N–H and O–H groups in total. The molecule has 0 spiro atoms. The third kappa shape index (κ3) is 14.3. The maximum Gasteiger partial charge on any atom is 0.220 e. The number of hydrogen-bond acceptors (Lipinski definition) is 3. The summed E-state index contributed by atoms with van der Waals surface area (Å²) in [6.07, 6.45) is 27.9. The van der Waals surface area contributed by atoms with Crippen molar-refractivity contribution in [2.24, 2.45) is 0 Å². The predicted molar refractivity (Wildman–Crippen MR) is 135 cm³/mol. The molecule has 1 rings (SSSR count). The van der Waals surface area contributed by atoms with Crippen molar-refractivity contribution in [3.63, 3.8) is 0 Å². The Morgan fingerprint density at radius 3 is 2.09 bits per heavy atom. The number of unbranched alkanes of at least 4 members (excludes halogenated alkanes) is 4. The number of rotatable bonds is 17. The first-order valence-corrected chi connectivity index (χ1v) is 11.9. The lowest BCUT2D eigenvalue weighted by atomic mass is 10.2. The van der Waals surface area contributed by atoms with Gasteiger partial charge in [0, 0.05) is 13.0 Å². The van der Waals surface area contributed by atoms with E-state index in [4.69, 9.17) is 4.74 Å². The summed E-state index contributed by atoms with van der Waals surface area (Å²) in [6.45, 7) is 2.66. The summed E-state index contributed by atoms with van der Waals surface area (Å²) in [7, 11) is 1.51.